The first-order valence-electron chi connectivity index (χ1n) is 5.37. The maximum absolute atomic E-state index is 13.5. The van der Waals surface area contributed by atoms with Gasteiger partial charge in [-0.3, -0.25) is 4.79 Å². The lowest BCUT2D eigenvalue weighted by Gasteiger charge is -2.08. The van der Waals surface area contributed by atoms with Crippen molar-refractivity contribution in [1.29, 1.82) is 0 Å². The Labute approximate surface area is 107 Å². The average molecular weight is 304 g/mol. The van der Waals surface area contributed by atoms with Gasteiger partial charge in [0.05, 0.1) is 4.47 Å². The van der Waals surface area contributed by atoms with Gasteiger partial charge < -0.3 is 5.32 Å². The van der Waals surface area contributed by atoms with E-state index < -0.39 is 12.0 Å². The van der Waals surface area contributed by atoms with Crippen LogP contribution in [0.2, 0.25) is 0 Å². The van der Waals surface area contributed by atoms with Crippen molar-refractivity contribution in [3.63, 3.8) is 0 Å². The van der Waals surface area contributed by atoms with Crippen molar-refractivity contribution in [3.05, 3.63) is 33.5 Å². The van der Waals surface area contributed by atoms with Gasteiger partial charge in [0.15, 0.2) is 0 Å². The van der Waals surface area contributed by atoms with Crippen molar-refractivity contribution in [1.82, 2.24) is 5.32 Å². The summed E-state index contributed by atoms with van der Waals surface area (Å²) in [5, 5.41) is 2.62. The van der Waals surface area contributed by atoms with Crippen molar-refractivity contribution in [2.75, 3.05) is 6.54 Å². The van der Waals surface area contributed by atoms with Gasteiger partial charge in [0.1, 0.15) is 12.0 Å². The Balaban J connectivity index is 2.06. The number of halogens is 3. The number of carbonyl (C=O) groups is 1. The first-order valence-corrected chi connectivity index (χ1v) is 6.17. The molecule has 0 bridgehead atoms. The van der Waals surface area contributed by atoms with Gasteiger partial charge in [0.25, 0.3) is 5.91 Å². The Hall–Kier alpha value is -0.970. The van der Waals surface area contributed by atoms with Crippen molar-refractivity contribution >= 4 is 21.8 Å². The minimum Gasteiger partial charge on any atom is -0.352 e. The fourth-order valence-electron chi connectivity index (χ4n) is 1.64. The number of nitrogens with one attached hydrogen (secondary N) is 1. The maximum atomic E-state index is 13.5. The minimum atomic E-state index is -0.793. The third kappa shape index (κ3) is 2.65. The molecule has 2 nitrogen and oxygen atoms in total. The van der Waals surface area contributed by atoms with Crippen molar-refractivity contribution < 1.29 is 13.6 Å². The van der Waals surface area contributed by atoms with Crippen molar-refractivity contribution in [2.45, 2.75) is 19.5 Å². The zero-order chi connectivity index (χ0) is 12.6. The zero-order valence-corrected chi connectivity index (χ0v) is 10.9. The van der Waals surface area contributed by atoms with E-state index in [1.807, 2.05) is 0 Å². The summed E-state index contributed by atoms with van der Waals surface area (Å²) >= 11 is 3.05. The monoisotopic (exact) mass is 303 g/mol. The highest BCUT2D eigenvalue weighted by atomic mass is 79.9. The molecule has 2 rings (SSSR count). The number of alkyl halides is 1. The third-order valence-corrected chi connectivity index (χ3v) is 3.56. The summed E-state index contributed by atoms with van der Waals surface area (Å²) < 4.78 is 26.5. The van der Waals surface area contributed by atoms with E-state index >= 15 is 0 Å². The largest absolute Gasteiger partial charge is 0.352 e. The van der Waals surface area contributed by atoms with E-state index in [1.54, 1.807) is 13.0 Å². The smallest absolute Gasteiger partial charge is 0.251 e. The van der Waals surface area contributed by atoms with Crippen LogP contribution in [-0.2, 0) is 0 Å². The molecule has 0 aliphatic heterocycles. The van der Waals surface area contributed by atoms with E-state index in [0.29, 0.717) is 28.6 Å². The average Bonchev–Trinajstić information content (AvgIpc) is 2.99. The van der Waals surface area contributed by atoms with Gasteiger partial charge >= 0.3 is 0 Å². The molecule has 1 amide bonds. The summed E-state index contributed by atoms with van der Waals surface area (Å²) in [7, 11) is 0. The van der Waals surface area contributed by atoms with Crippen LogP contribution in [0, 0.1) is 18.7 Å². The van der Waals surface area contributed by atoms with Crippen LogP contribution in [0.5, 0.6) is 0 Å². The molecule has 1 saturated carbocycles. The lowest BCUT2D eigenvalue weighted by Crippen LogP contribution is -2.27. The van der Waals surface area contributed by atoms with E-state index in [1.165, 1.54) is 6.07 Å². The standard InChI is InChI=1S/C12H12BrF2NO/c1-6-8(2-3-9(13)11(6)15)12(17)16-5-7-4-10(7)14/h2-3,7,10H,4-5H2,1H3,(H,16,17). The predicted molar refractivity (Wildman–Crippen MR) is 64.2 cm³/mol. The fourth-order valence-corrected chi connectivity index (χ4v) is 2.07. The van der Waals surface area contributed by atoms with E-state index in [4.69, 9.17) is 0 Å². The molecule has 5 heteroatoms. The normalized spacial score (nSPS) is 22.4. The molecule has 1 N–H and O–H groups in total. The zero-order valence-electron chi connectivity index (χ0n) is 9.27. The van der Waals surface area contributed by atoms with Crippen LogP contribution >= 0.6 is 15.9 Å². The molecule has 0 heterocycles. The summed E-state index contributed by atoms with van der Waals surface area (Å²) in [4.78, 5) is 11.8. The Kier molecular flexibility index (Phi) is 3.47. The minimum absolute atomic E-state index is 0.0699. The molecule has 0 radical (unpaired) electrons. The summed E-state index contributed by atoms with van der Waals surface area (Å²) in [5.74, 6) is -0.861. The number of rotatable bonds is 3. The first-order chi connectivity index (χ1) is 8.00. The Morgan fingerprint density at radius 2 is 2.24 bits per heavy atom. The molecule has 2 unspecified atom stereocenters. The van der Waals surface area contributed by atoms with Crippen LogP contribution in [0.3, 0.4) is 0 Å². The Bertz CT molecular complexity index is 464. The van der Waals surface area contributed by atoms with E-state index in [0.717, 1.165) is 0 Å². The number of hydrogen-bond acceptors (Lipinski definition) is 1. The summed E-state index contributed by atoms with van der Waals surface area (Å²) in [6.07, 6.45) is -0.286. The first kappa shape index (κ1) is 12.5. The van der Waals surface area contributed by atoms with Crippen molar-refractivity contribution in [3.8, 4) is 0 Å². The van der Waals surface area contributed by atoms with Crippen LogP contribution in [0.25, 0.3) is 0 Å². The van der Waals surface area contributed by atoms with Crippen LogP contribution in [0.4, 0.5) is 8.78 Å². The molecule has 1 aromatic rings. The molecule has 1 fully saturated rings. The molecule has 2 atom stereocenters. The number of benzene rings is 1. The molecule has 1 aliphatic carbocycles. The Morgan fingerprint density at radius 3 is 2.82 bits per heavy atom. The SMILES string of the molecule is Cc1c(C(=O)NCC2CC2F)ccc(Br)c1F. The van der Waals surface area contributed by atoms with Crippen LogP contribution in [0.1, 0.15) is 22.3 Å². The highest BCUT2D eigenvalue weighted by Crippen LogP contribution is 2.32. The quantitative estimate of drug-likeness (QED) is 0.914. The summed E-state index contributed by atoms with van der Waals surface area (Å²) in [5.41, 5.74) is 0.589. The molecule has 92 valence electrons. The Morgan fingerprint density at radius 1 is 1.59 bits per heavy atom. The third-order valence-electron chi connectivity index (χ3n) is 2.94. The van der Waals surface area contributed by atoms with E-state index in [9.17, 15) is 13.6 Å². The maximum Gasteiger partial charge on any atom is 0.251 e. The molecule has 1 aliphatic rings. The lowest BCUT2D eigenvalue weighted by atomic mass is 10.1. The molecule has 1 aromatic carbocycles. The number of amides is 1. The number of hydrogen-bond donors (Lipinski definition) is 1. The molecule has 0 aromatic heterocycles. The predicted octanol–water partition coefficient (Wildman–Crippen LogP) is 2.98. The second kappa shape index (κ2) is 4.72. The van der Waals surface area contributed by atoms with E-state index in [-0.39, 0.29) is 11.8 Å². The second-order valence-electron chi connectivity index (χ2n) is 4.26. The van der Waals surface area contributed by atoms with Crippen LogP contribution in [0.15, 0.2) is 16.6 Å². The topological polar surface area (TPSA) is 29.1 Å². The molecule has 0 saturated heterocycles. The summed E-state index contributed by atoms with van der Waals surface area (Å²) in [6, 6.07) is 3.05. The van der Waals surface area contributed by atoms with Crippen LogP contribution in [-0.4, -0.2) is 18.6 Å². The van der Waals surface area contributed by atoms with Gasteiger partial charge in [-0.25, -0.2) is 8.78 Å². The van der Waals surface area contributed by atoms with Gasteiger partial charge in [0.2, 0.25) is 0 Å². The lowest BCUT2D eigenvalue weighted by molar-refractivity contribution is 0.0950. The van der Waals surface area contributed by atoms with Gasteiger partial charge in [0, 0.05) is 18.0 Å². The highest BCUT2D eigenvalue weighted by Gasteiger charge is 2.37. The molecule has 17 heavy (non-hydrogen) atoms. The van der Waals surface area contributed by atoms with Crippen LogP contribution < -0.4 is 5.32 Å². The van der Waals surface area contributed by atoms with Gasteiger partial charge in [-0.1, -0.05) is 0 Å². The highest BCUT2D eigenvalue weighted by molar-refractivity contribution is 9.10. The van der Waals surface area contributed by atoms with Gasteiger partial charge in [-0.15, -0.1) is 0 Å². The van der Waals surface area contributed by atoms with Gasteiger partial charge in [-0.05, 0) is 47.0 Å². The number of carbonyl (C=O) groups excluding carboxylic acids is 1. The molecule has 0 spiro atoms. The second-order valence-corrected chi connectivity index (χ2v) is 5.11. The fraction of sp³-hybridized carbons (Fsp3) is 0.417. The van der Waals surface area contributed by atoms with E-state index in [2.05, 4.69) is 21.2 Å². The van der Waals surface area contributed by atoms with Gasteiger partial charge in [-0.2, -0.15) is 0 Å². The summed E-state index contributed by atoms with van der Waals surface area (Å²) in [6.45, 7) is 1.86. The van der Waals surface area contributed by atoms with Crippen molar-refractivity contribution in [2.24, 2.45) is 5.92 Å². The molecular formula is C12H12BrF2NO. The molecular weight excluding hydrogens is 292 g/mol.